The van der Waals surface area contributed by atoms with Crippen LogP contribution >= 0.6 is 0 Å². The van der Waals surface area contributed by atoms with Crippen LogP contribution < -0.4 is 4.90 Å². The van der Waals surface area contributed by atoms with Crippen molar-refractivity contribution in [1.82, 2.24) is 9.80 Å². The first kappa shape index (κ1) is 25.5. The maximum Gasteiger partial charge on any atom is 0.410 e. The van der Waals surface area contributed by atoms with Crippen LogP contribution in [0.5, 0.6) is 0 Å². The summed E-state index contributed by atoms with van der Waals surface area (Å²) in [6.45, 7) is 10.2. The van der Waals surface area contributed by atoms with Crippen LogP contribution in [-0.4, -0.2) is 66.7 Å². The topological polar surface area (TPSA) is 53.1 Å². The molecule has 2 aromatic carbocycles. The van der Waals surface area contributed by atoms with Crippen molar-refractivity contribution in [3.63, 3.8) is 0 Å². The lowest BCUT2D eigenvalue weighted by atomic mass is 9.74. The monoisotopic (exact) mass is 501 g/mol. The fourth-order valence-corrected chi connectivity index (χ4v) is 5.80. The number of amides is 2. The number of ether oxygens (including phenoxy) is 1. The van der Waals surface area contributed by atoms with Crippen molar-refractivity contribution in [2.75, 3.05) is 44.2 Å². The van der Waals surface area contributed by atoms with Crippen molar-refractivity contribution in [1.29, 1.82) is 0 Å². The zero-order chi connectivity index (χ0) is 26.0. The van der Waals surface area contributed by atoms with Gasteiger partial charge in [-0.3, -0.25) is 4.79 Å². The molecule has 2 aromatic rings. The first-order valence-corrected chi connectivity index (χ1v) is 13.6. The van der Waals surface area contributed by atoms with Crippen LogP contribution in [0.15, 0.2) is 60.7 Å². The van der Waals surface area contributed by atoms with E-state index in [1.54, 1.807) is 4.90 Å². The summed E-state index contributed by atoms with van der Waals surface area (Å²) in [6, 6.07) is 18.7. The summed E-state index contributed by atoms with van der Waals surface area (Å²) in [6.07, 6.45) is 7.57. The average molecular weight is 502 g/mol. The van der Waals surface area contributed by atoms with Crippen molar-refractivity contribution in [3.8, 4) is 0 Å². The number of allylic oxidation sites excluding steroid dienone is 1. The van der Waals surface area contributed by atoms with Crippen molar-refractivity contribution < 1.29 is 14.3 Å². The lowest BCUT2D eigenvalue weighted by Crippen LogP contribution is -2.57. The van der Waals surface area contributed by atoms with Crippen LogP contribution in [0.2, 0.25) is 0 Å². The van der Waals surface area contributed by atoms with Crippen LogP contribution in [0.25, 0.3) is 6.08 Å². The third-order valence-corrected chi connectivity index (χ3v) is 7.90. The molecule has 2 saturated heterocycles. The standard InChI is InChI=1S/C31H39N3O3/c1-30(2,3)37-29(36)33-22-25(23-33)28(35)34(26-11-5-4-6-12-26)19-9-18-32-20-16-31(17-21-32)15-14-24-10-7-8-13-27(24)31/h4-8,10-15,25H,9,16-23H2,1-3H3. The summed E-state index contributed by atoms with van der Waals surface area (Å²) in [5.41, 5.74) is 3.44. The van der Waals surface area contributed by atoms with Gasteiger partial charge in [-0.25, -0.2) is 4.79 Å². The van der Waals surface area contributed by atoms with E-state index in [1.807, 2.05) is 56.0 Å². The molecule has 0 aromatic heterocycles. The van der Waals surface area contributed by atoms with Crippen molar-refractivity contribution in [2.45, 2.75) is 51.0 Å². The molecule has 1 spiro atoms. The molecular formula is C31H39N3O3. The normalized spacial score (nSPS) is 18.9. The zero-order valence-corrected chi connectivity index (χ0v) is 22.4. The number of para-hydroxylation sites is 1. The van der Waals surface area contributed by atoms with Gasteiger partial charge in [-0.1, -0.05) is 54.6 Å². The lowest BCUT2D eigenvalue weighted by Gasteiger charge is -2.41. The molecule has 0 N–H and O–H groups in total. The molecule has 37 heavy (non-hydrogen) atoms. The number of hydrogen-bond acceptors (Lipinski definition) is 4. The highest BCUT2D eigenvalue weighted by Gasteiger charge is 2.40. The van der Waals surface area contributed by atoms with E-state index in [0.29, 0.717) is 19.6 Å². The number of hydrogen-bond donors (Lipinski definition) is 0. The molecular weight excluding hydrogens is 462 g/mol. The Kier molecular flexibility index (Phi) is 7.13. The number of fused-ring (bicyclic) bond motifs is 2. The highest BCUT2D eigenvalue weighted by atomic mass is 16.6. The third-order valence-electron chi connectivity index (χ3n) is 7.90. The first-order valence-electron chi connectivity index (χ1n) is 13.6. The Morgan fingerprint density at radius 2 is 1.68 bits per heavy atom. The van der Waals surface area contributed by atoms with Gasteiger partial charge in [0.2, 0.25) is 5.91 Å². The molecule has 196 valence electrons. The molecule has 6 heteroatoms. The van der Waals surface area contributed by atoms with E-state index in [2.05, 4.69) is 41.3 Å². The predicted molar refractivity (Wildman–Crippen MR) is 148 cm³/mol. The Hall–Kier alpha value is -3.12. The fourth-order valence-electron chi connectivity index (χ4n) is 5.80. The Bertz CT molecular complexity index is 1140. The van der Waals surface area contributed by atoms with E-state index >= 15 is 0 Å². The molecule has 0 bridgehead atoms. The molecule has 1 aliphatic carbocycles. The molecule has 0 radical (unpaired) electrons. The molecule has 0 atom stereocenters. The lowest BCUT2D eigenvalue weighted by molar-refractivity contribution is -0.127. The summed E-state index contributed by atoms with van der Waals surface area (Å²) in [5.74, 6) is -0.0897. The molecule has 0 unspecified atom stereocenters. The van der Waals surface area contributed by atoms with E-state index in [0.717, 1.165) is 44.6 Å². The van der Waals surface area contributed by atoms with E-state index in [-0.39, 0.29) is 23.3 Å². The highest BCUT2D eigenvalue weighted by molar-refractivity contribution is 5.96. The second kappa shape index (κ2) is 10.3. The maximum absolute atomic E-state index is 13.5. The summed E-state index contributed by atoms with van der Waals surface area (Å²) in [4.78, 5) is 31.9. The predicted octanol–water partition coefficient (Wildman–Crippen LogP) is 5.34. The Morgan fingerprint density at radius 1 is 1.00 bits per heavy atom. The summed E-state index contributed by atoms with van der Waals surface area (Å²) >= 11 is 0. The van der Waals surface area contributed by atoms with E-state index in [4.69, 9.17) is 4.74 Å². The van der Waals surface area contributed by atoms with Crippen LogP contribution in [0.1, 0.15) is 51.2 Å². The van der Waals surface area contributed by atoms with Gasteiger partial charge < -0.3 is 19.4 Å². The van der Waals surface area contributed by atoms with Crippen molar-refractivity contribution >= 4 is 23.8 Å². The van der Waals surface area contributed by atoms with Gasteiger partial charge in [-0.05, 0) is 82.9 Å². The number of carbonyl (C=O) groups excluding carboxylic acids is 2. The number of likely N-dealkylation sites (tertiary alicyclic amines) is 2. The molecule has 2 heterocycles. The molecule has 2 amide bonds. The molecule has 6 nitrogen and oxygen atoms in total. The van der Waals surface area contributed by atoms with Crippen LogP contribution in [-0.2, 0) is 14.9 Å². The van der Waals surface area contributed by atoms with Gasteiger partial charge in [-0.2, -0.15) is 0 Å². The molecule has 0 saturated carbocycles. The van der Waals surface area contributed by atoms with E-state index in [1.165, 1.54) is 11.1 Å². The van der Waals surface area contributed by atoms with E-state index in [9.17, 15) is 9.59 Å². The number of anilines is 1. The fraction of sp³-hybridized carbons (Fsp3) is 0.484. The summed E-state index contributed by atoms with van der Waals surface area (Å²) < 4.78 is 5.45. The number of piperidine rings is 1. The minimum Gasteiger partial charge on any atom is -0.444 e. The highest BCUT2D eigenvalue weighted by Crippen LogP contribution is 2.43. The Balaban J connectivity index is 1.14. The molecule has 5 rings (SSSR count). The van der Waals surface area contributed by atoms with Crippen LogP contribution in [0.4, 0.5) is 10.5 Å². The Labute approximate surface area is 220 Å². The van der Waals surface area contributed by atoms with Crippen LogP contribution in [0, 0.1) is 5.92 Å². The quantitative estimate of drug-likeness (QED) is 0.536. The van der Waals surface area contributed by atoms with Crippen molar-refractivity contribution in [3.05, 3.63) is 71.8 Å². The summed E-state index contributed by atoms with van der Waals surface area (Å²) in [7, 11) is 0. The number of rotatable bonds is 6. The van der Waals surface area contributed by atoms with Gasteiger partial charge in [-0.15, -0.1) is 0 Å². The van der Waals surface area contributed by atoms with Gasteiger partial charge >= 0.3 is 6.09 Å². The van der Waals surface area contributed by atoms with Gasteiger partial charge in [0.25, 0.3) is 0 Å². The SMILES string of the molecule is CC(C)(C)OC(=O)N1CC(C(=O)N(CCCN2CCC3(C=Cc4ccccc43)CC2)c2ccccc2)C1. The average Bonchev–Trinajstić information content (AvgIpc) is 3.19. The van der Waals surface area contributed by atoms with Gasteiger partial charge in [0.05, 0.1) is 5.92 Å². The third kappa shape index (κ3) is 5.59. The van der Waals surface area contributed by atoms with E-state index < -0.39 is 5.60 Å². The van der Waals surface area contributed by atoms with Gasteiger partial charge in [0.1, 0.15) is 5.60 Å². The number of nitrogens with zero attached hydrogens (tertiary/aromatic N) is 3. The minimum absolute atomic E-state index is 0.0938. The molecule has 2 aliphatic heterocycles. The first-order chi connectivity index (χ1) is 17.7. The smallest absolute Gasteiger partial charge is 0.410 e. The summed E-state index contributed by atoms with van der Waals surface area (Å²) in [5, 5.41) is 0. The molecule has 2 fully saturated rings. The zero-order valence-electron chi connectivity index (χ0n) is 22.4. The number of benzene rings is 2. The van der Waals surface area contributed by atoms with Gasteiger partial charge in [0, 0.05) is 30.7 Å². The van der Waals surface area contributed by atoms with Crippen molar-refractivity contribution in [2.24, 2.45) is 5.92 Å². The van der Waals surface area contributed by atoms with Gasteiger partial charge in [0.15, 0.2) is 0 Å². The maximum atomic E-state index is 13.5. The second-order valence-electron chi connectivity index (χ2n) is 11.7. The minimum atomic E-state index is -0.534. The van der Waals surface area contributed by atoms with Crippen LogP contribution in [0.3, 0.4) is 0 Å². The number of carbonyl (C=O) groups is 2. The molecule has 3 aliphatic rings. The largest absolute Gasteiger partial charge is 0.444 e. The Morgan fingerprint density at radius 3 is 2.38 bits per heavy atom. The second-order valence-corrected chi connectivity index (χ2v) is 11.7.